The van der Waals surface area contributed by atoms with Gasteiger partial charge in [0.1, 0.15) is 0 Å². The summed E-state index contributed by atoms with van der Waals surface area (Å²) in [4.78, 5) is 27.3. The zero-order valence-electron chi connectivity index (χ0n) is 19.4. The number of aryl methyl sites for hydroxylation is 1. The van der Waals surface area contributed by atoms with Crippen LogP contribution in [0.2, 0.25) is 0 Å². The van der Waals surface area contributed by atoms with E-state index in [2.05, 4.69) is 29.1 Å². The molecule has 3 aliphatic rings. The molecule has 2 aromatic rings. The molecule has 2 fully saturated rings. The molecule has 1 unspecified atom stereocenters. The Morgan fingerprint density at radius 1 is 1.12 bits per heavy atom. The maximum atomic E-state index is 13.3. The standard InChI is InChI=1S/C26H35N3O3/c1-3-27-25(30)20-8-11-29(16-20)26(31)19-5-7-24-22(15-19)21-14-18(4-6-23(21)28(24)2)17-9-12-32-13-10-17/h5,7,15,17-18,20H,3-4,6,8-14,16H2,1-2H3,(H,27,30)/t18?,20-/m0/s1. The van der Waals surface area contributed by atoms with Crippen molar-refractivity contribution in [2.45, 2.75) is 45.4 Å². The van der Waals surface area contributed by atoms with Gasteiger partial charge in [0.05, 0.1) is 5.92 Å². The summed E-state index contributed by atoms with van der Waals surface area (Å²) in [6, 6.07) is 6.19. The highest BCUT2D eigenvalue weighted by Gasteiger charge is 2.33. The topological polar surface area (TPSA) is 63.6 Å². The Bertz CT molecular complexity index is 1020. The van der Waals surface area contributed by atoms with E-state index in [9.17, 15) is 9.59 Å². The second-order valence-corrected chi connectivity index (χ2v) is 9.80. The van der Waals surface area contributed by atoms with Gasteiger partial charge in [-0.25, -0.2) is 0 Å². The van der Waals surface area contributed by atoms with Crippen LogP contribution in [0.1, 0.15) is 54.2 Å². The smallest absolute Gasteiger partial charge is 0.253 e. The molecule has 6 nitrogen and oxygen atoms in total. The first-order chi connectivity index (χ1) is 15.6. The number of hydrogen-bond donors (Lipinski definition) is 1. The van der Waals surface area contributed by atoms with Crippen molar-refractivity contribution in [1.82, 2.24) is 14.8 Å². The zero-order chi connectivity index (χ0) is 22.2. The van der Waals surface area contributed by atoms with Gasteiger partial charge in [-0.05, 0) is 81.0 Å². The lowest BCUT2D eigenvalue weighted by Crippen LogP contribution is -2.34. The van der Waals surface area contributed by atoms with Crippen molar-refractivity contribution in [1.29, 1.82) is 0 Å². The van der Waals surface area contributed by atoms with E-state index in [0.29, 0.717) is 25.6 Å². The summed E-state index contributed by atoms with van der Waals surface area (Å²) in [6.07, 6.45) is 6.58. The highest BCUT2D eigenvalue weighted by Crippen LogP contribution is 2.39. The molecule has 172 valence electrons. The van der Waals surface area contributed by atoms with Crippen LogP contribution in [-0.4, -0.2) is 54.1 Å². The van der Waals surface area contributed by atoms with Crippen molar-refractivity contribution in [3.05, 3.63) is 35.0 Å². The predicted octanol–water partition coefficient (Wildman–Crippen LogP) is 3.31. The Morgan fingerprint density at radius 3 is 2.72 bits per heavy atom. The van der Waals surface area contributed by atoms with Gasteiger partial charge >= 0.3 is 0 Å². The lowest BCUT2D eigenvalue weighted by molar-refractivity contribution is -0.124. The molecule has 2 amide bonds. The van der Waals surface area contributed by atoms with Crippen LogP contribution in [0.4, 0.5) is 0 Å². The number of aromatic nitrogens is 1. The van der Waals surface area contributed by atoms with Gasteiger partial charge in [0.2, 0.25) is 5.91 Å². The van der Waals surface area contributed by atoms with E-state index in [0.717, 1.165) is 44.0 Å². The maximum absolute atomic E-state index is 13.3. The summed E-state index contributed by atoms with van der Waals surface area (Å²) in [5.74, 6) is 1.50. The quantitative estimate of drug-likeness (QED) is 0.798. The van der Waals surface area contributed by atoms with Crippen LogP contribution in [0.5, 0.6) is 0 Å². The number of rotatable bonds is 4. The molecule has 1 aromatic carbocycles. The van der Waals surface area contributed by atoms with Crippen molar-refractivity contribution >= 4 is 22.7 Å². The molecule has 1 aromatic heterocycles. The first kappa shape index (κ1) is 21.5. The van der Waals surface area contributed by atoms with E-state index in [1.54, 1.807) is 0 Å². The van der Waals surface area contributed by atoms with E-state index in [4.69, 9.17) is 4.74 Å². The minimum Gasteiger partial charge on any atom is -0.381 e. The third kappa shape index (κ3) is 3.83. The van der Waals surface area contributed by atoms with Crippen LogP contribution in [0.15, 0.2) is 18.2 Å². The summed E-state index contributed by atoms with van der Waals surface area (Å²) in [6.45, 7) is 5.52. The lowest BCUT2D eigenvalue weighted by Gasteiger charge is -2.33. The van der Waals surface area contributed by atoms with E-state index in [1.165, 1.54) is 41.4 Å². The maximum Gasteiger partial charge on any atom is 0.253 e. The van der Waals surface area contributed by atoms with Gasteiger partial charge in [-0.1, -0.05) is 0 Å². The van der Waals surface area contributed by atoms with Gasteiger partial charge in [0.25, 0.3) is 5.91 Å². The summed E-state index contributed by atoms with van der Waals surface area (Å²) in [5.41, 5.74) is 4.85. The number of benzene rings is 1. The second-order valence-electron chi connectivity index (χ2n) is 9.80. The molecule has 2 atom stereocenters. The van der Waals surface area contributed by atoms with Crippen LogP contribution >= 0.6 is 0 Å². The summed E-state index contributed by atoms with van der Waals surface area (Å²) >= 11 is 0. The Hall–Kier alpha value is -2.34. The van der Waals surface area contributed by atoms with Crippen molar-refractivity contribution < 1.29 is 14.3 Å². The molecule has 3 heterocycles. The monoisotopic (exact) mass is 437 g/mol. The number of ether oxygens (including phenoxy) is 1. The van der Waals surface area contributed by atoms with Gasteiger partial charge in [-0.15, -0.1) is 0 Å². The largest absolute Gasteiger partial charge is 0.381 e. The number of carbonyl (C=O) groups is 2. The lowest BCUT2D eigenvalue weighted by atomic mass is 9.75. The summed E-state index contributed by atoms with van der Waals surface area (Å²) < 4.78 is 7.92. The van der Waals surface area contributed by atoms with E-state index >= 15 is 0 Å². The molecule has 0 bridgehead atoms. The second kappa shape index (κ2) is 8.89. The molecular weight excluding hydrogens is 402 g/mol. The van der Waals surface area contributed by atoms with Crippen LogP contribution in [0.25, 0.3) is 10.9 Å². The van der Waals surface area contributed by atoms with Crippen molar-refractivity contribution in [3.8, 4) is 0 Å². The Kier molecular flexibility index (Phi) is 5.97. The normalized spacial score (nSPS) is 24.0. The fourth-order valence-corrected chi connectivity index (χ4v) is 6.19. The molecule has 0 saturated carbocycles. The number of amides is 2. The molecule has 6 heteroatoms. The van der Waals surface area contributed by atoms with Gasteiger partial charge in [-0.3, -0.25) is 9.59 Å². The van der Waals surface area contributed by atoms with Crippen molar-refractivity contribution in [2.75, 3.05) is 32.8 Å². The van der Waals surface area contributed by atoms with Gasteiger partial charge in [0.15, 0.2) is 0 Å². The SMILES string of the molecule is CCNC(=O)[C@H]1CCN(C(=O)c2ccc3c(c2)c2c(n3C)CCC(C3CCOCC3)C2)C1. The fraction of sp³-hybridized carbons (Fsp3) is 0.615. The number of carbonyl (C=O) groups excluding carboxylic acids is 2. The fourth-order valence-electron chi connectivity index (χ4n) is 6.19. The number of hydrogen-bond acceptors (Lipinski definition) is 3. The van der Waals surface area contributed by atoms with Gasteiger partial charge < -0.3 is 19.5 Å². The van der Waals surface area contributed by atoms with E-state index in [-0.39, 0.29) is 17.7 Å². The first-order valence-electron chi connectivity index (χ1n) is 12.3. The Labute approximate surface area is 190 Å². The molecule has 1 N–H and O–H groups in total. The molecular formula is C26H35N3O3. The highest BCUT2D eigenvalue weighted by molar-refractivity contribution is 5.99. The van der Waals surface area contributed by atoms with Crippen LogP contribution in [0.3, 0.4) is 0 Å². The average molecular weight is 438 g/mol. The third-order valence-corrected chi connectivity index (χ3v) is 8.03. The first-order valence-corrected chi connectivity index (χ1v) is 12.3. The van der Waals surface area contributed by atoms with Crippen LogP contribution in [0, 0.1) is 17.8 Å². The van der Waals surface area contributed by atoms with E-state index < -0.39 is 0 Å². The minimum atomic E-state index is -0.0904. The molecule has 2 saturated heterocycles. The molecule has 2 aliphatic heterocycles. The number of nitrogens with one attached hydrogen (secondary N) is 1. The van der Waals surface area contributed by atoms with Gasteiger partial charge in [0, 0.05) is 62.1 Å². The molecule has 5 rings (SSSR count). The third-order valence-electron chi connectivity index (χ3n) is 8.03. The van der Waals surface area contributed by atoms with Gasteiger partial charge in [-0.2, -0.15) is 0 Å². The summed E-state index contributed by atoms with van der Waals surface area (Å²) in [5, 5.41) is 4.13. The number of fused-ring (bicyclic) bond motifs is 3. The number of likely N-dealkylation sites (tertiary alicyclic amines) is 1. The number of nitrogens with zero attached hydrogens (tertiary/aromatic N) is 2. The summed E-state index contributed by atoms with van der Waals surface area (Å²) in [7, 11) is 2.16. The molecule has 32 heavy (non-hydrogen) atoms. The van der Waals surface area contributed by atoms with Crippen molar-refractivity contribution in [3.63, 3.8) is 0 Å². The highest BCUT2D eigenvalue weighted by atomic mass is 16.5. The predicted molar refractivity (Wildman–Crippen MR) is 125 cm³/mol. The van der Waals surface area contributed by atoms with Crippen LogP contribution in [-0.2, 0) is 29.4 Å². The molecule has 0 spiro atoms. The molecule has 1 aliphatic carbocycles. The van der Waals surface area contributed by atoms with E-state index in [1.807, 2.05) is 17.9 Å². The van der Waals surface area contributed by atoms with Crippen molar-refractivity contribution in [2.24, 2.45) is 24.8 Å². The minimum absolute atomic E-state index is 0.0492. The Balaban J connectivity index is 1.38. The zero-order valence-corrected chi connectivity index (χ0v) is 19.4. The Morgan fingerprint density at radius 2 is 1.94 bits per heavy atom. The molecule has 0 radical (unpaired) electrons. The van der Waals surface area contributed by atoms with Crippen LogP contribution < -0.4 is 5.32 Å². The average Bonchev–Trinajstić information content (AvgIpc) is 3.43.